The average Bonchev–Trinajstić information content (AvgIpc) is 2.44. The first kappa shape index (κ1) is 18.5. The van der Waals surface area contributed by atoms with Gasteiger partial charge in [-0.25, -0.2) is 12.8 Å². The number of likely N-dealkylation sites (N-methyl/N-ethyl adjacent to an activating group) is 1. The summed E-state index contributed by atoms with van der Waals surface area (Å²) in [7, 11) is -1.01. The van der Waals surface area contributed by atoms with E-state index < -0.39 is 15.8 Å². The number of methoxy groups -OCH3 is 1. The molecule has 120 valence electrons. The van der Waals surface area contributed by atoms with Gasteiger partial charge in [0.1, 0.15) is 10.7 Å². The van der Waals surface area contributed by atoms with Crippen molar-refractivity contribution in [2.45, 2.75) is 18.4 Å². The predicted molar refractivity (Wildman–Crippen MR) is 83.2 cm³/mol. The Morgan fingerprint density at radius 2 is 2.10 bits per heavy atom. The summed E-state index contributed by atoms with van der Waals surface area (Å²) in [4.78, 5) is -0.330. The number of nitrogens with zero attached hydrogens (tertiary/aromatic N) is 1. The summed E-state index contributed by atoms with van der Waals surface area (Å²) in [5, 5.41) is 2.99. The quantitative estimate of drug-likeness (QED) is 0.746. The van der Waals surface area contributed by atoms with Gasteiger partial charge in [-0.2, -0.15) is 4.31 Å². The summed E-state index contributed by atoms with van der Waals surface area (Å²) in [6, 6.07) is 2.86. The molecule has 0 heterocycles. The Bertz CT molecular complexity index is 581. The minimum atomic E-state index is -3.89. The molecule has 0 spiro atoms. The van der Waals surface area contributed by atoms with Crippen LogP contribution in [-0.4, -0.2) is 46.6 Å². The van der Waals surface area contributed by atoms with Crippen molar-refractivity contribution in [1.82, 2.24) is 9.62 Å². The van der Waals surface area contributed by atoms with Crippen LogP contribution in [0, 0.1) is 5.82 Å². The maximum Gasteiger partial charge on any atom is 0.245 e. The lowest BCUT2D eigenvalue weighted by molar-refractivity contribution is 0.185. The van der Waals surface area contributed by atoms with Gasteiger partial charge in [-0.15, -0.1) is 0 Å². The first-order chi connectivity index (χ1) is 9.84. The molecule has 1 N–H and O–H groups in total. The van der Waals surface area contributed by atoms with Gasteiger partial charge in [-0.3, -0.25) is 0 Å². The van der Waals surface area contributed by atoms with Gasteiger partial charge >= 0.3 is 0 Å². The van der Waals surface area contributed by atoms with Gasteiger partial charge in [0.25, 0.3) is 0 Å². The molecule has 1 rings (SSSR count). The van der Waals surface area contributed by atoms with E-state index in [2.05, 4.69) is 21.2 Å². The van der Waals surface area contributed by atoms with Crippen LogP contribution in [0.5, 0.6) is 0 Å². The zero-order valence-electron chi connectivity index (χ0n) is 12.3. The SMILES string of the molecule is CCNCc1cc(Br)cc(S(=O)(=O)N(C)CCOC)c1F. The number of halogens is 2. The van der Waals surface area contributed by atoms with Gasteiger partial charge in [-0.05, 0) is 18.7 Å². The molecular weight excluding hydrogens is 363 g/mol. The Hall–Kier alpha value is -0.540. The average molecular weight is 383 g/mol. The Balaban J connectivity index is 3.19. The summed E-state index contributed by atoms with van der Waals surface area (Å²) in [5.74, 6) is -0.719. The number of rotatable bonds is 8. The minimum absolute atomic E-state index is 0.160. The van der Waals surface area contributed by atoms with Crippen molar-refractivity contribution >= 4 is 26.0 Å². The third-order valence-corrected chi connectivity index (χ3v) is 5.26. The van der Waals surface area contributed by atoms with E-state index in [0.717, 1.165) is 4.31 Å². The molecule has 0 fully saturated rings. The largest absolute Gasteiger partial charge is 0.383 e. The summed E-state index contributed by atoms with van der Waals surface area (Å²) >= 11 is 3.23. The molecule has 5 nitrogen and oxygen atoms in total. The summed E-state index contributed by atoms with van der Waals surface area (Å²) in [6.45, 7) is 3.24. The second kappa shape index (κ2) is 8.19. The van der Waals surface area contributed by atoms with Crippen LogP contribution in [0.3, 0.4) is 0 Å². The van der Waals surface area contributed by atoms with Crippen molar-refractivity contribution in [1.29, 1.82) is 0 Å². The standard InChI is InChI=1S/C13H20BrFN2O3S/c1-4-16-9-10-7-11(14)8-12(13(10)15)21(18,19)17(2)5-6-20-3/h7-8,16H,4-6,9H2,1-3H3. The predicted octanol–water partition coefficient (Wildman–Crippen LogP) is 1.96. The van der Waals surface area contributed by atoms with E-state index in [4.69, 9.17) is 4.74 Å². The normalized spacial score (nSPS) is 12.1. The van der Waals surface area contributed by atoms with Crippen LogP contribution in [0.2, 0.25) is 0 Å². The lowest BCUT2D eigenvalue weighted by Gasteiger charge is -2.18. The molecule has 0 bridgehead atoms. The van der Waals surface area contributed by atoms with E-state index in [-0.39, 0.29) is 24.6 Å². The molecule has 0 aliphatic heterocycles. The molecule has 8 heteroatoms. The van der Waals surface area contributed by atoms with E-state index in [9.17, 15) is 12.8 Å². The Morgan fingerprint density at radius 3 is 2.67 bits per heavy atom. The molecular formula is C13H20BrFN2O3S. The fraction of sp³-hybridized carbons (Fsp3) is 0.538. The Morgan fingerprint density at radius 1 is 1.43 bits per heavy atom. The molecule has 0 radical (unpaired) electrons. The Kier molecular flexibility index (Phi) is 7.22. The van der Waals surface area contributed by atoms with Gasteiger partial charge in [0.15, 0.2) is 0 Å². The van der Waals surface area contributed by atoms with Gasteiger partial charge in [0.05, 0.1) is 6.61 Å². The van der Waals surface area contributed by atoms with Crippen molar-refractivity contribution < 1.29 is 17.5 Å². The number of nitrogens with one attached hydrogen (secondary N) is 1. The van der Waals surface area contributed by atoms with Crippen LogP contribution < -0.4 is 5.32 Å². The minimum Gasteiger partial charge on any atom is -0.383 e. The monoisotopic (exact) mass is 382 g/mol. The third kappa shape index (κ3) is 4.72. The fourth-order valence-electron chi connectivity index (χ4n) is 1.70. The molecule has 0 aromatic heterocycles. The first-order valence-corrected chi connectivity index (χ1v) is 8.71. The fourth-order valence-corrected chi connectivity index (χ4v) is 3.64. The van der Waals surface area contributed by atoms with Crippen LogP contribution in [0.25, 0.3) is 0 Å². The van der Waals surface area contributed by atoms with Crippen LogP contribution in [0.4, 0.5) is 4.39 Å². The maximum atomic E-state index is 14.5. The van der Waals surface area contributed by atoms with Crippen LogP contribution in [0.1, 0.15) is 12.5 Å². The molecule has 0 saturated heterocycles. The second-order valence-corrected chi connectivity index (χ2v) is 7.41. The number of sulfonamides is 1. The number of ether oxygens (including phenoxy) is 1. The lowest BCUT2D eigenvalue weighted by atomic mass is 10.2. The van der Waals surface area contributed by atoms with Gasteiger partial charge < -0.3 is 10.1 Å². The molecule has 0 amide bonds. The molecule has 0 saturated carbocycles. The van der Waals surface area contributed by atoms with Crippen molar-refractivity contribution in [2.75, 3.05) is 33.9 Å². The smallest absolute Gasteiger partial charge is 0.245 e. The van der Waals surface area contributed by atoms with E-state index in [0.29, 0.717) is 16.6 Å². The third-order valence-electron chi connectivity index (χ3n) is 2.94. The number of hydrogen-bond acceptors (Lipinski definition) is 4. The molecule has 0 aliphatic rings. The molecule has 0 atom stereocenters. The van der Waals surface area contributed by atoms with Crippen molar-refractivity contribution in [2.24, 2.45) is 0 Å². The highest BCUT2D eigenvalue weighted by atomic mass is 79.9. The van der Waals surface area contributed by atoms with Gasteiger partial charge in [-0.1, -0.05) is 22.9 Å². The zero-order valence-corrected chi connectivity index (χ0v) is 14.7. The summed E-state index contributed by atoms with van der Waals surface area (Å²) < 4.78 is 45.8. The van der Waals surface area contributed by atoms with Crippen molar-refractivity contribution in [3.8, 4) is 0 Å². The highest BCUT2D eigenvalue weighted by Crippen LogP contribution is 2.26. The first-order valence-electron chi connectivity index (χ1n) is 6.48. The van der Waals surface area contributed by atoms with E-state index in [1.54, 1.807) is 6.07 Å². The second-order valence-electron chi connectivity index (χ2n) is 4.48. The molecule has 1 aromatic rings. The highest BCUT2D eigenvalue weighted by molar-refractivity contribution is 9.10. The molecule has 0 aliphatic carbocycles. The van der Waals surface area contributed by atoms with Gasteiger partial charge in [0, 0.05) is 37.3 Å². The van der Waals surface area contributed by atoms with Crippen LogP contribution in [0.15, 0.2) is 21.5 Å². The topological polar surface area (TPSA) is 58.6 Å². The van der Waals surface area contributed by atoms with Crippen LogP contribution >= 0.6 is 15.9 Å². The van der Waals surface area contributed by atoms with E-state index >= 15 is 0 Å². The van der Waals surface area contributed by atoms with E-state index in [1.807, 2.05) is 6.92 Å². The molecule has 1 aromatic carbocycles. The van der Waals surface area contributed by atoms with Gasteiger partial charge in [0.2, 0.25) is 10.0 Å². The highest BCUT2D eigenvalue weighted by Gasteiger charge is 2.26. The van der Waals surface area contributed by atoms with Crippen molar-refractivity contribution in [3.63, 3.8) is 0 Å². The summed E-state index contributed by atoms with van der Waals surface area (Å²) in [6.07, 6.45) is 0. The number of benzene rings is 1. The Labute approximate surface area is 133 Å². The molecule has 21 heavy (non-hydrogen) atoms. The maximum absolute atomic E-state index is 14.5. The zero-order chi connectivity index (χ0) is 16.0. The van der Waals surface area contributed by atoms with Crippen LogP contribution in [-0.2, 0) is 21.3 Å². The molecule has 0 unspecified atom stereocenters. The lowest BCUT2D eigenvalue weighted by Crippen LogP contribution is -2.31. The van der Waals surface area contributed by atoms with Crippen molar-refractivity contribution in [3.05, 3.63) is 28.0 Å². The number of hydrogen-bond donors (Lipinski definition) is 1. The van der Waals surface area contributed by atoms with E-state index in [1.165, 1.54) is 20.2 Å². The summed E-state index contributed by atoms with van der Waals surface area (Å²) in [5.41, 5.74) is 0.310.